The second-order valence-corrected chi connectivity index (χ2v) is 7.45. The molecule has 7 heteroatoms. The molecule has 2 aromatic carbocycles. The Morgan fingerprint density at radius 1 is 1.11 bits per heavy atom. The highest BCUT2D eigenvalue weighted by molar-refractivity contribution is 7.85. The first kappa shape index (κ1) is 20.6. The SMILES string of the molecule is CC[S@](=O)c1ccccc1C(=O)O[C@@H](C)C(=O)NCc1ccc(OC)cc1. The minimum Gasteiger partial charge on any atom is -0.497 e. The Morgan fingerprint density at radius 3 is 2.41 bits per heavy atom. The topological polar surface area (TPSA) is 81.7 Å². The predicted molar refractivity (Wildman–Crippen MR) is 103 cm³/mol. The molecule has 0 aliphatic heterocycles. The van der Waals surface area contributed by atoms with Crippen LogP contribution >= 0.6 is 0 Å². The normalized spacial score (nSPS) is 12.7. The third-order valence-electron chi connectivity index (χ3n) is 3.89. The van der Waals surface area contributed by atoms with Crippen molar-refractivity contribution in [2.75, 3.05) is 12.9 Å². The molecule has 144 valence electrons. The lowest BCUT2D eigenvalue weighted by molar-refractivity contribution is -0.129. The maximum atomic E-state index is 12.4. The zero-order valence-electron chi connectivity index (χ0n) is 15.6. The number of carbonyl (C=O) groups excluding carboxylic acids is 2. The van der Waals surface area contributed by atoms with Crippen LogP contribution in [-0.4, -0.2) is 35.1 Å². The molecule has 0 aliphatic rings. The Hall–Kier alpha value is -2.67. The number of hydrogen-bond donors (Lipinski definition) is 1. The number of amides is 1. The first-order valence-electron chi connectivity index (χ1n) is 8.55. The number of benzene rings is 2. The molecule has 1 amide bonds. The monoisotopic (exact) mass is 389 g/mol. The third-order valence-corrected chi connectivity index (χ3v) is 5.26. The second kappa shape index (κ2) is 9.87. The molecule has 0 unspecified atom stereocenters. The average molecular weight is 389 g/mol. The van der Waals surface area contributed by atoms with E-state index in [0.717, 1.165) is 11.3 Å². The summed E-state index contributed by atoms with van der Waals surface area (Å²) in [6, 6.07) is 13.8. The van der Waals surface area contributed by atoms with E-state index in [0.29, 0.717) is 17.2 Å². The minimum atomic E-state index is -1.29. The quantitative estimate of drug-likeness (QED) is 0.702. The van der Waals surface area contributed by atoms with Crippen LogP contribution < -0.4 is 10.1 Å². The predicted octanol–water partition coefficient (Wildman–Crippen LogP) is 2.68. The molecular weight excluding hydrogens is 366 g/mol. The molecule has 2 aromatic rings. The average Bonchev–Trinajstić information content (AvgIpc) is 2.71. The Balaban J connectivity index is 1.95. The van der Waals surface area contributed by atoms with Gasteiger partial charge < -0.3 is 14.8 Å². The number of nitrogens with one attached hydrogen (secondary N) is 1. The van der Waals surface area contributed by atoms with E-state index in [-0.39, 0.29) is 5.56 Å². The summed E-state index contributed by atoms with van der Waals surface area (Å²) in [7, 11) is 0.294. The molecule has 0 aromatic heterocycles. The maximum absolute atomic E-state index is 12.4. The zero-order chi connectivity index (χ0) is 19.8. The first-order valence-corrected chi connectivity index (χ1v) is 9.87. The van der Waals surface area contributed by atoms with Crippen molar-refractivity contribution in [3.63, 3.8) is 0 Å². The number of rotatable bonds is 8. The summed E-state index contributed by atoms with van der Waals surface area (Å²) in [5, 5.41) is 2.72. The van der Waals surface area contributed by atoms with Crippen molar-refractivity contribution in [1.29, 1.82) is 0 Å². The molecule has 27 heavy (non-hydrogen) atoms. The number of hydrogen-bond acceptors (Lipinski definition) is 5. The summed E-state index contributed by atoms with van der Waals surface area (Å²) in [4.78, 5) is 25.0. The van der Waals surface area contributed by atoms with Crippen LogP contribution in [0.25, 0.3) is 0 Å². The van der Waals surface area contributed by atoms with E-state index in [1.165, 1.54) is 6.92 Å². The zero-order valence-corrected chi connectivity index (χ0v) is 16.4. The van der Waals surface area contributed by atoms with E-state index in [1.54, 1.807) is 50.4 Å². The van der Waals surface area contributed by atoms with Crippen molar-refractivity contribution >= 4 is 22.7 Å². The smallest absolute Gasteiger partial charge is 0.340 e. The van der Waals surface area contributed by atoms with Crippen LogP contribution in [0.3, 0.4) is 0 Å². The van der Waals surface area contributed by atoms with E-state index in [2.05, 4.69) is 5.32 Å². The number of carbonyl (C=O) groups is 2. The third kappa shape index (κ3) is 5.65. The van der Waals surface area contributed by atoms with Crippen LogP contribution in [0, 0.1) is 0 Å². The summed E-state index contributed by atoms with van der Waals surface area (Å²) >= 11 is 0. The van der Waals surface area contributed by atoms with E-state index in [9.17, 15) is 13.8 Å². The highest BCUT2D eigenvalue weighted by atomic mass is 32.2. The van der Waals surface area contributed by atoms with Gasteiger partial charge >= 0.3 is 5.97 Å². The first-order chi connectivity index (χ1) is 13.0. The van der Waals surface area contributed by atoms with Gasteiger partial charge in [0, 0.05) is 12.3 Å². The van der Waals surface area contributed by atoms with Crippen LogP contribution in [0.5, 0.6) is 5.75 Å². The summed E-state index contributed by atoms with van der Waals surface area (Å²) in [5.74, 6) is 0.0469. The molecule has 0 radical (unpaired) electrons. The van der Waals surface area contributed by atoms with E-state index >= 15 is 0 Å². The fourth-order valence-electron chi connectivity index (χ4n) is 2.34. The van der Waals surface area contributed by atoms with Crippen molar-refractivity contribution in [3.05, 3.63) is 59.7 Å². The number of esters is 1. The van der Waals surface area contributed by atoms with Gasteiger partial charge in [-0.05, 0) is 36.8 Å². The number of ether oxygens (including phenoxy) is 2. The molecule has 2 atom stereocenters. The lowest BCUT2D eigenvalue weighted by Crippen LogP contribution is -2.35. The lowest BCUT2D eigenvalue weighted by atomic mass is 10.2. The highest BCUT2D eigenvalue weighted by Crippen LogP contribution is 2.16. The van der Waals surface area contributed by atoms with Gasteiger partial charge in [-0.1, -0.05) is 31.2 Å². The Morgan fingerprint density at radius 2 is 1.78 bits per heavy atom. The fraction of sp³-hybridized carbons (Fsp3) is 0.300. The molecule has 0 spiro atoms. The molecule has 2 rings (SSSR count). The summed E-state index contributed by atoms with van der Waals surface area (Å²) in [6.07, 6.45) is -0.973. The lowest BCUT2D eigenvalue weighted by Gasteiger charge is -2.15. The van der Waals surface area contributed by atoms with Crippen molar-refractivity contribution in [1.82, 2.24) is 5.32 Å². The van der Waals surface area contributed by atoms with Gasteiger partial charge in [-0.15, -0.1) is 0 Å². The molecule has 0 bridgehead atoms. The van der Waals surface area contributed by atoms with Crippen molar-refractivity contribution in [3.8, 4) is 5.75 Å². The highest BCUT2D eigenvalue weighted by Gasteiger charge is 2.22. The molecule has 6 nitrogen and oxygen atoms in total. The molecule has 0 saturated carbocycles. The van der Waals surface area contributed by atoms with Crippen LogP contribution in [0.2, 0.25) is 0 Å². The van der Waals surface area contributed by atoms with Crippen LogP contribution in [0.4, 0.5) is 0 Å². The van der Waals surface area contributed by atoms with Gasteiger partial charge in [-0.2, -0.15) is 0 Å². The summed E-state index contributed by atoms with van der Waals surface area (Å²) < 4.78 is 22.4. The van der Waals surface area contributed by atoms with Gasteiger partial charge in [0.05, 0.1) is 28.4 Å². The Kier molecular flexibility index (Phi) is 7.55. The van der Waals surface area contributed by atoms with Crippen LogP contribution in [0.1, 0.15) is 29.8 Å². The van der Waals surface area contributed by atoms with Gasteiger partial charge in [0.15, 0.2) is 6.10 Å². The van der Waals surface area contributed by atoms with Gasteiger partial charge in [-0.25, -0.2) is 4.79 Å². The molecular formula is C20H23NO5S. The van der Waals surface area contributed by atoms with Gasteiger partial charge in [0.2, 0.25) is 0 Å². The van der Waals surface area contributed by atoms with Crippen molar-refractivity contribution < 1.29 is 23.3 Å². The molecule has 0 fully saturated rings. The van der Waals surface area contributed by atoms with Crippen molar-refractivity contribution in [2.45, 2.75) is 31.4 Å². The van der Waals surface area contributed by atoms with Gasteiger partial charge in [0.1, 0.15) is 5.75 Å². The maximum Gasteiger partial charge on any atom is 0.340 e. The Labute approximate surface area is 161 Å². The molecule has 0 aliphatic carbocycles. The van der Waals surface area contributed by atoms with Crippen LogP contribution in [-0.2, 0) is 26.9 Å². The summed E-state index contributed by atoms with van der Waals surface area (Å²) in [6.45, 7) is 3.58. The van der Waals surface area contributed by atoms with E-state index < -0.39 is 28.8 Å². The standard InChI is InChI=1S/C20H23NO5S/c1-4-27(24)18-8-6-5-7-17(18)20(23)26-14(2)19(22)21-13-15-9-11-16(25-3)12-10-15/h5-12,14H,4,13H2,1-3H3,(H,21,22)/t14-,27-/m0/s1. The molecule has 0 heterocycles. The minimum absolute atomic E-state index is 0.215. The van der Waals surface area contributed by atoms with Gasteiger partial charge in [0.25, 0.3) is 5.91 Å². The number of methoxy groups -OCH3 is 1. The van der Waals surface area contributed by atoms with Gasteiger partial charge in [-0.3, -0.25) is 9.00 Å². The summed E-state index contributed by atoms with van der Waals surface area (Å²) in [5.41, 5.74) is 1.11. The molecule has 0 saturated heterocycles. The van der Waals surface area contributed by atoms with Crippen LogP contribution in [0.15, 0.2) is 53.4 Å². The van der Waals surface area contributed by atoms with E-state index in [4.69, 9.17) is 9.47 Å². The Bertz CT molecular complexity index is 819. The largest absolute Gasteiger partial charge is 0.497 e. The second-order valence-electron chi connectivity index (χ2n) is 5.74. The van der Waals surface area contributed by atoms with E-state index in [1.807, 2.05) is 12.1 Å². The van der Waals surface area contributed by atoms with Crippen molar-refractivity contribution in [2.24, 2.45) is 0 Å². The molecule has 1 N–H and O–H groups in total. The fourth-order valence-corrected chi connectivity index (χ4v) is 3.28.